The molecule has 0 N–H and O–H groups in total. The van der Waals surface area contributed by atoms with Gasteiger partial charge >= 0.3 is 0 Å². The first-order valence-electron chi connectivity index (χ1n) is 8.83. The van der Waals surface area contributed by atoms with Gasteiger partial charge in [0.15, 0.2) is 5.76 Å². The fourth-order valence-electron chi connectivity index (χ4n) is 3.12. The van der Waals surface area contributed by atoms with Crippen LogP contribution in [0.5, 0.6) is 11.5 Å². The first-order valence-corrected chi connectivity index (χ1v) is 10.0. The summed E-state index contributed by atoms with van der Waals surface area (Å²) in [5.41, 5.74) is 2.34. The van der Waals surface area contributed by atoms with Gasteiger partial charge in [-0.2, -0.15) is 0 Å². The summed E-state index contributed by atoms with van der Waals surface area (Å²) in [6.07, 6.45) is 1.70. The lowest BCUT2D eigenvalue weighted by Crippen LogP contribution is -2.01. The second kappa shape index (κ2) is 8.01. The maximum Gasteiger partial charge on any atom is 0.232 e. The number of halogens is 3. The van der Waals surface area contributed by atoms with E-state index in [-0.39, 0.29) is 23.7 Å². The quantitative estimate of drug-likeness (QED) is 0.393. The molecule has 6 heteroatoms. The SMILES string of the molecule is Cc1cc(OCc2c(F)cccc2Cl)cc2c1C(=O)/C(=C/c1ccccc1Br)O2. The Kier molecular flexibility index (Phi) is 5.43. The number of rotatable bonds is 4. The van der Waals surface area contributed by atoms with E-state index in [1.165, 1.54) is 6.07 Å². The predicted molar refractivity (Wildman–Crippen MR) is 114 cm³/mol. The van der Waals surface area contributed by atoms with Crippen molar-refractivity contribution < 1.29 is 18.7 Å². The monoisotopic (exact) mass is 472 g/mol. The minimum atomic E-state index is -0.430. The Morgan fingerprint density at radius 2 is 1.97 bits per heavy atom. The largest absolute Gasteiger partial charge is 0.489 e. The van der Waals surface area contributed by atoms with Gasteiger partial charge < -0.3 is 9.47 Å². The van der Waals surface area contributed by atoms with E-state index in [2.05, 4.69) is 15.9 Å². The molecule has 29 heavy (non-hydrogen) atoms. The van der Waals surface area contributed by atoms with E-state index >= 15 is 0 Å². The Labute approximate surface area is 180 Å². The Morgan fingerprint density at radius 1 is 1.17 bits per heavy atom. The summed E-state index contributed by atoms with van der Waals surface area (Å²) in [6.45, 7) is 1.78. The number of ether oxygens (including phenoxy) is 2. The summed E-state index contributed by atoms with van der Waals surface area (Å²) >= 11 is 9.51. The highest BCUT2D eigenvalue weighted by molar-refractivity contribution is 9.10. The van der Waals surface area contributed by atoms with Crippen molar-refractivity contribution in [2.75, 3.05) is 0 Å². The molecule has 0 aromatic heterocycles. The van der Waals surface area contributed by atoms with Crippen LogP contribution in [-0.4, -0.2) is 5.78 Å². The Morgan fingerprint density at radius 3 is 2.72 bits per heavy atom. The van der Waals surface area contributed by atoms with Gasteiger partial charge in [0.05, 0.1) is 10.6 Å². The standard InChI is InChI=1S/C23H15BrClFO3/c1-13-9-15(28-12-16-18(25)7-4-8-19(16)26)11-20-22(13)23(27)21(29-20)10-14-5-2-3-6-17(14)24/h2-11H,12H2,1H3/b21-10-. The highest BCUT2D eigenvalue weighted by atomic mass is 79.9. The van der Waals surface area contributed by atoms with Gasteiger partial charge in [0, 0.05) is 16.1 Å². The van der Waals surface area contributed by atoms with Gasteiger partial charge in [-0.15, -0.1) is 0 Å². The lowest BCUT2D eigenvalue weighted by atomic mass is 10.0. The van der Waals surface area contributed by atoms with Crippen LogP contribution < -0.4 is 9.47 Å². The van der Waals surface area contributed by atoms with Crippen molar-refractivity contribution in [1.29, 1.82) is 0 Å². The van der Waals surface area contributed by atoms with Gasteiger partial charge in [0.1, 0.15) is 23.9 Å². The molecule has 1 aliphatic rings. The van der Waals surface area contributed by atoms with Gasteiger partial charge in [-0.05, 0) is 48.4 Å². The molecule has 0 saturated carbocycles. The van der Waals surface area contributed by atoms with Crippen LogP contribution in [-0.2, 0) is 6.61 Å². The minimum Gasteiger partial charge on any atom is -0.489 e. The second-order valence-electron chi connectivity index (χ2n) is 6.56. The molecule has 0 aliphatic carbocycles. The summed E-state index contributed by atoms with van der Waals surface area (Å²) in [4.78, 5) is 12.8. The van der Waals surface area contributed by atoms with Crippen LogP contribution in [0.1, 0.15) is 27.0 Å². The van der Waals surface area contributed by atoms with E-state index in [9.17, 15) is 9.18 Å². The first-order chi connectivity index (χ1) is 13.9. The number of allylic oxidation sites excluding steroid dienone is 1. The third-order valence-corrected chi connectivity index (χ3v) is 5.66. The van der Waals surface area contributed by atoms with Crippen molar-refractivity contribution in [2.24, 2.45) is 0 Å². The lowest BCUT2D eigenvalue weighted by Gasteiger charge is -2.11. The average molecular weight is 474 g/mol. The molecule has 0 spiro atoms. The molecular weight excluding hydrogens is 459 g/mol. The molecule has 0 unspecified atom stereocenters. The number of carbonyl (C=O) groups excluding carboxylic acids is 1. The first kappa shape index (κ1) is 19.7. The highest BCUT2D eigenvalue weighted by Gasteiger charge is 2.30. The Hall–Kier alpha value is -2.63. The minimum absolute atomic E-state index is 0.0304. The van der Waals surface area contributed by atoms with Crippen molar-refractivity contribution >= 4 is 39.4 Å². The van der Waals surface area contributed by atoms with Crippen LogP contribution in [0.2, 0.25) is 5.02 Å². The summed E-state index contributed by atoms with van der Waals surface area (Å²) < 4.78 is 26.3. The number of benzene rings is 3. The maximum absolute atomic E-state index is 13.9. The van der Waals surface area contributed by atoms with Crippen LogP contribution in [0.3, 0.4) is 0 Å². The van der Waals surface area contributed by atoms with Crippen molar-refractivity contribution in [3.05, 3.63) is 97.9 Å². The maximum atomic E-state index is 13.9. The third-order valence-electron chi connectivity index (χ3n) is 4.58. The molecule has 3 nitrogen and oxygen atoms in total. The highest BCUT2D eigenvalue weighted by Crippen LogP contribution is 2.38. The predicted octanol–water partition coefficient (Wildman–Crippen LogP) is 6.75. The molecule has 1 aliphatic heterocycles. The topological polar surface area (TPSA) is 35.5 Å². The van der Waals surface area contributed by atoms with Crippen molar-refractivity contribution in [2.45, 2.75) is 13.5 Å². The summed E-state index contributed by atoms with van der Waals surface area (Å²) in [5, 5.41) is 0.299. The van der Waals surface area contributed by atoms with Gasteiger partial charge in [-0.25, -0.2) is 4.39 Å². The molecule has 0 radical (unpaired) electrons. The van der Waals surface area contributed by atoms with Gasteiger partial charge in [-0.3, -0.25) is 4.79 Å². The fourth-order valence-corrected chi connectivity index (χ4v) is 3.74. The van der Waals surface area contributed by atoms with Crippen LogP contribution in [0.4, 0.5) is 4.39 Å². The zero-order chi connectivity index (χ0) is 20.5. The number of aryl methyl sites for hydroxylation is 1. The van der Waals surface area contributed by atoms with Gasteiger partial charge in [0.2, 0.25) is 5.78 Å². The van der Waals surface area contributed by atoms with Crippen LogP contribution in [0, 0.1) is 12.7 Å². The Bertz CT molecular complexity index is 1140. The van der Waals surface area contributed by atoms with Crippen molar-refractivity contribution in [1.82, 2.24) is 0 Å². The van der Waals surface area contributed by atoms with E-state index in [1.54, 1.807) is 30.3 Å². The molecule has 1 heterocycles. The second-order valence-corrected chi connectivity index (χ2v) is 7.83. The number of ketones is 1. The molecule has 0 amide bonds. The van der Waals surface area contributed by atoms with Crippen molar-refractivity contribution in [3.8, 4) is 11.5 Å². The molecule has 3 aromatic carbocycles. The molecular formula is C23H15BrClFO3. The van der Waals surface area contributed by atoms with Gasteiger partial charge in [0.25, 0.3) is 0 Å². The van der Waals surface area contributed by atoms with Crippen LogP contribution in [0.25, 0.3) is 6.08 Å². The summed E-state index contributed by atoms with van der Waals surface area (Å²) in [5.74, 6) is 0.514. The number of Topliss-reactive ketones (excluding diaryl/α,β-unsaturated/α-hetero) is 1. The van der Waals surface area contributed by atoms with Crippen LogP contribution in [0.15, 0.2) is 64.8 Å². The molecule has 0 fully saturated rings. The normalized spacial score (nSPS) is 14.1. The number of hydrogen-bond donors (Lipinski definition) is 0. The average Bonchev–Trinajstić information content (AvgIpc) is 2.99. The van der Waals surface area contributed by atoms with Crippen LogP contribution >= 0.6 is 27.5 Å². The molecule has 0 saturated heterocycles. The van der Waals surface area contributed by atoms with Crippen molar-refractivity contribution in [3.63, 3.8) is 0 Å². The van der Waals surface area contributed by atoms with E-state index < -0.39 is 5.82 Å². The number of fused-ring (bicyclic) bond motifs is 1. The van der Waals surface area contributed by atoms with E-state index in [1.807, 2.05) is 31.2 Å². The molecule has 3 aromatic rings. The molecule has 0 bridgehead atoms. The molecule has 0 atom stereocenters. The lowest BCUT2D eigenvalue weighted by molar-refractivity contribution is 0.101. The summed E-state index contributed by atoms with van der Waals surface area (Å²) in [7, 11) is 0. The summed E-state index contributed by atoms with van der Waals surface area (Å²) in [6, 6.07) is 15.4. The van der Waals surface area contributed by atoms with E-state index in [0.29, 0.717) is 22.1 Å². The Balaban J connectivity index is 1.60. The molecule has 4 rings (SSSR count). The van der Waals surface area contributed by atoms with E-state index in [0.717, 1.165) is 15.6 Å². The number of hydrogen-bond acceptors (Lipinski definition) is 3. The zero-order valence-corrected chi connectivity index (χ0v) is 17.7. The van der Waals surface area contributed by atoms with Gasteiger partial charge in [-0.1, -0.05) is 51.8 Å². The smallest absolute Gasteiger partial charge is 0.232 e. The van der Waals surface area contributed by atoms with E-state index in [4.69, 9.17) is 21.1 Å². The number of carbonyl (C=O) groups is 1. The molecule has 146 valence electrons. The zero-order valence-electron chi connectivity index (χ0n) is 15.3. The third kappa shape index (κ3) is 3.93. The fraction of sp³-hybridized carbons (Fsp3) is 0.0870.